The lowest BCUT2D eigenvalue weighted by molar-refractivity contribution is 0.301. The van der Waals surface area contributed by atoms with Crippen molar-refractivity contribution in [2.45, 2.75) is 30.7 Å². The number of anilines is 1. The predicted molar refractivity (Wildman–Crippen MR) is 75.0 cm³/mol. The first-order valence-electron chi connectivity index (χ1n) is 6.35. The smallest absolute Gasteiger partial charge is 0.103 e. The van der Waals surface area contributed by atoms with Crippen LogP contribution in [0, 0.1) is 11.3 Å². The average Bonchev–Trinajstić information content (AvgIpc) is 3.20. The fourth-order valence-corrected chi connectivity index (χ4v) is 2.92. The molecule has 0 unspecified atom stereocenters. The van der Waals surface area contributed by atoms with E-state index >= 15 is 0 Å². The van der Waals surface area contributed by atoms with Gasteiger partial charge in [0.2, 0.25) is 0 Å². The number of nitrogens with zero attached hydrogens (tertiary/aromatic N) is 2. The third-order valence-corrected chi connectivity index (χ3v) is 3.99. The summed E-state index contributed by atoms with van der Waals surface area (Å²) in [6, 6.07) is 8.83. The molecule has 96 valence electrons. The maximum atomic E-state index is 9.39. The molecule has 2 rings (SSSR count). The third kappa shape index (κ3) is 2.80. The third-order valence-electron chi connectivity index (χ3n) is 3.05. The molecule has 0 bridgehead atoms. The van der Waals surface area contributed by atoms with Crippen molar-refractivity contribution in [1.29, 1.82) is 5.26 Å². The molecular formula is C14H18N2OS. The van der Waals surface area contributed by atoms with E-state index in [9.17, 15) is 10.4 Å². The zero-order valence-corrected chi connectivity index (χ0v) is 11.4. The van der Waals surface area contributed by atoms with E-state index in [0.717, 1.165) is 34.7 Å². The molecule has 1 aromatic rings. The number of rotatable bonds is 6. The summed E-state index contributed by atoms with van der Waals surface area (Å²) in [5.41, 5.74) is 1.73. The Morgan fingerprint density at radius 3 is 2.83 bits per heavy atom. The van der Waals surface area contributed by atoms with E-state index in [1.807, 2.05) is 18.2 Å². The summed E-state index contributed by atoms with van der Waals surface area (Å²) < 4.78 is 0. The molecule has 0 spiro atoms. The Morgan fingerprint density at radius 2 is 2.28 bits per heavy atom. The van der Waals surface area contributed by atoms with Crippen LogP contribution in [0.1, 0.15) is 25.3 Å². The Morgan fingerprint density at radius 1 is 1.50 bits per heavy atom. The molecule has 0 heterocycles. The molecule has 0 saturated heterocycles. The van der Waals surface area contributed by atoms with Crippen LogP contribution in [0.2, 0.25) is 0 Å². The number of benzene rings is 1. The van der Waals surface area contributed by atoms with Crippen LogP contribution >= 0.6 is 11.8 Å². The van der Waals surface area contributed by atoms with Gasteiger partial charge in [-0.3, -0.25) is 0 Å². The van der Waals surface area contributed by atoms with E-state index in [-0.39, 0.29) is 6.61 Å². The van der Waals surface area contributed by atoms with E-state index < -0.39 is 0 Å². The van der Waals surface area contributed by atoms with E-state index in [0.29, 0.717) is 12.6 Å². The van der Waals surface area contributed by atoms with Crippen molar-refractivity contribution < 1.29 is 5.11 Å². The van der Waals surface area contributed by atoms with Crippen molar-refractivity contribution in [2.24, 2.45) is 0 Å². The summed E-state index contributed by atoms with van der Waals surface area (Å²) >= 11 is 1.70. The highest BCUT2D eigenvalue weighted by atomic mass is 32.2. The molecule has 1 fully saturated rings. The second kappa shape index (κ2) is 6.12. The normalized spacial score (nSPS) is 14.3. The minimum atomic E-state index is 0.131. The molecule has 4 heteroatoms. The molecule has 1 aliphatic rings. The lowest BCUT2D eigenvalue weighted by Crippen LogP contribution is -2.29. The number of hydrogen-bond donors (Lipinski definition) is 1. The van der Waals surface area contributed by atoms with E-state index in [4.69, 9.17) is 0 Å². The fraction of sp³-hybridized carbons (Fsp3) is 0.500. The van der Waals surface area contributed by atoms with Crippen LogP contribution in [0.3, 0.4) is 0 Å². The van der Waals surface area contributed by atoms with Gasteiger partial charge in [-0.05, 0) is 30.7 Å². The minimum absolute atomic E-state index is 0.131. The van der Waals surface area contributed by atoms with Gasteiger partial charge in [0.25, 0.3) is 0 Å². The monoisotopic (exact) mass is 262 g/mol. The largest absolute Gasteiger partial charge is 0.395 e. The number of aliphatic hydroxyl groups excluding tert-OH is 1. The highest BCUT2D eigenvalue weighted by Gasteiger charge is 2.30. The standard InChI is InChI=1S/C14H18N2OS/c1-2-18-14-5-3-4-13(12(14)10-15)16(8-9-17)11-6-7-11/h3-5,11,17H,2,6-9H2,1H3. The van der Waals surface area contributed by atoms with Crippen LogP contribution in [0.4, 0.5) is 5.69 Å². The van der Waals surface area contributed by atoms with Gasteiger partial charge in [0.1, 0.15) is 6.07 Å². The molecule has 0 aromatic heterocycles. The molecular weight excluding hydrogens is 244 g/mol. The number of hydrogen-bond acceptors (Lipinski definition) is 4. The van der Waals surface area contributed by atoms with Gasteiger partial charge in [-0.15, -0.1) is 11.8 Å². The Hall–Kier alpha value is -1.18. The second-order valence-corrected chi connectivity index (χ2v) is 5.65. The summed E-state index contributed by atoms with van der Waals surface area (Å²) in [5, 5.41) is 18.6. The SMILES string of the molecule is CCSc1cccc(N(CCO)C2CC2)c1C#N. The molecule has 18 heavy (non-hydrogen) atoms. The molecule has 0 aliphatic heterocycles. The summed E-state index contributed by atoms with van der Waals surface area (Å²) in [6.07, 6.45) is 2.33. The van der Waals surface area contributed by atoms with Gasteiger partial charge < -0.3 is 10.0 Å². The van der Waals surface area contributed by atoms with Gasteiger partial charge in [-0.2, -0.15) is 5.26 Å². The Kier molecular flexibility index (Phi) is 4.51. The maximum absolute atomic E-state index is 9.39. The topological polar surface area (TPSA) is 47.3 Å². The highest BCUT2D eigenvalue weighted by Crippen LogP contribution is 2.36. The van der Waals surface area contributed by atoms with Gasteiger partial charge in [0, 0.05) is 17.5 Å². The fourth-order valence-electron chi connectivity index (χ4n) is 2.14. The predicted octanol–water partition coefficient (Wildman–Crippen LogP) is 2.63. The Balaban J connectivity index is 2.35. The highest BCUT2D eigenvalue weighted by molar-refractivity contribution is 7.99. The second-order valence-electron chi connectivity index (χ2n) is 4.34. The molecule has 0 radical (unpaired) electrons. The first kappa shape index (κ1) is 13.3. The molecule has 1 N–H and O–H groups in total. The Labute approximate surface area is 112 Å². The van der Waals surface area contributed by atoms with Crippen molar-refractivity contribution in [1.82, 2.24) is 0 Å². The quantitative estimate of drug-likeness (QED) is 0.801. The van der Waals surface area contributed by atoms with Crippen molar-refractivity contribution in [3.8, 4) is 6.07 Å². The molecule has 1 aliphatic carbocycles. The van der Waals surface area contributed by atoms with Gasteiger partial charge in [-0.25, -0.2) is 0 Å². The first-order chi connectivity index (χ1) is 8.81. The van der Waals surface area contributed by atoms with Crippen LogP contribution in [0.25, 0.3) is 0 Å². The van der Waals surface area contributed by atoms with Crippen molar-refractivity contribution in [3.05, 3.63) is 23.8 Å². The maximum Gasteiger partial charge on any atom is 0.103 e. The van der Waals surface area contributed by atoms with Crippen LogP contribution < -0.4 is 4.90 Å². The van der Waals surface area contributed by atoms with Crippen LogP contribution in [-0.2, 0) is 0 Å². The minimum Gasteiger partial charge on any atom is -0.395 e. The summed E-state index contributed by atoms with van der Waals surface area (Å²) in [6.45, 7) is 2.83. The van der Waals surface area contributed by atoms with Crippen LogP contribution in [-0.4, -0.2) is 30.1 Å². The van der Waals surface area contributed by atoms with Gasteiger partial charge in [-0.1, -0.05) is 13.0 Å². The zero-order valence-electron chi connectivity index (χ0n) is 10.6. The average molecular weight is 262 g/mol. The number of thioether (sulfide) groups is 1. The molecule has 0 amide bonds. The van der Waals surface area contributed by atoms with Crippen molar-refractivity contribution >= 4 is 17.4 Å². The van der Waals surface area contributed by atoms with Crippen molar-refractivity contribution in [2.75, 3.05) is 23.8 Å². The van der Waals surface area contributed by atoms with Gasteiger partial charge in [0.15, 0.2) is 0 Å². The molecule has 1 aromatic carbocycles. The number of nitriles is 1. The summed E-state index contributed by atoms with van der Waals surface area (Å²) in [5.74, 6) is 0.960. The zero-order chi connectivity index (χ0) is 13.0. The number of aliphatic hydroxyl groups is 1. The molecule has 0 atom stereocenters. The Bertz CT molecular complexity index is 452. The summed E-state index contributed by atoms with van der Waals surface area (Å²) in [7, 11) is 0. The molecule has 3 nitrogen and oxygen atoms in total. The molecule has 1 saturated carbocycles. The van der Waals surface area contributed by atoms with Gasteiger partial charge >= 0.3 is 0 Å². The summed E-state index contributed by atoms with van der Waals surface area (Å²) in [4.78, 5) is 3.22. The van der Waals surface area contributed by atoms with Gasteiger partial charge in [0.05, 0.1) is 17.9 Å². The van der Waals surface area contributed by atoms with Crippen LogP contribution in [0.5, 0.6) is 0 Å². The van der Waals surface area contributed by atoms with E-state index in [1.54, 1.807) is 11.8 Å². The van der Waals surface area contributed by atoms with Crippen molar-refractivity contribution in [3.63, 3.8) is 0 Å². The van der Waals surface area contributed by atoms with E-state index in [1.165, 1.54) is 0 Å². The first-order valence-corrected chi connectivity index (χ1v) is 7.33. The van der Waals surface area contributed by atoms with E-state index in [2.05, 4.69) is 17.9 Å². The lowest BCUT2D eigenvalue weighted by atomic mass is 10.1. The lowest BCUT2D eigenvalue weighted by Gasteiger charge is -2.25. The van der Waals surface area contributed by atoms with Crippen LogP contribution in [0.15, 0.2) is 23.1 Å².